The first-order valence-corrected chi connectivity index (χ1v) is 26.9. The molecule has 6 aromatic carbocycles. The van der Waals surface area contributed by atoms with Gasteiger partial charge in [-0.25, -0.2) is 26.0 Å². The minimum absolute atomic E-state index is 0.0839. The van der Waals surface area contributed by atoms with E-state index in [1.165, 1.54) is 52.5 Å². The van der Waals surface area contributed by atoms with Gasteiger partial charge in [-0.2, -0.15) is 39.5 Å². The van der Waals surface area contributed by atoms with E-state index in [9.17, 15) is 74.6 Å². The highest BCUT2D eigenvalue weighted by atomic mass is 32.2. The second kappa shape index (κ2) is 22.5. The van der Waals surface area contributed by atoms with E-state index in [1.807, 2.05) is 24.3 Å². The zero-order valence-electron chi connectivity index (χ0n) is 37.8. The van der Waals surface area contributed by atoms with Crippen molar-refractivity contribution in [2.75, 3.05) is 0 Å². The molecule has 0 N–H and O–H groups in total. The van der Waals surface area contributed by atoms with Gasteiger partial charge in [0, 0.05) is 6.92 Å². The highest BCUT2D eigenvalue weighted by molar-refractivity contribution is 7.97. The summed E-state index contributed by atoms with van der Waals surface area (Å²) < 4.78 is 199. The van der Waals surface area contributed by atoms with Crippen LogP contribution in [0.25, 0.3) is 0 Å². The van der Waals surface area contributed by atoms with Gasteiger partial charge < -0.3 is 18.6 Å². The van der Waals surface area contributed by atoms with Gasteiger partial charge in [-0.05, 0) is 135 Å². The molecule has 0 spiro atoms. The third kappa shape index (κ3) is 12.9. The largest absolute Gasteiger partial charge is 0.743 e. The Morgan fingerprint density at radius 1 is 0.493 bits per heavy atom. The molecule has 9 nitrogen and oxygen atoms in total. The molecule has 8 rings (SSSR count). The van der Waals surface area contributed by atoms with E-state index in [0.717, 1.165) is 39.5 Å². The van der Waals surface area contributed by atoms with E-state index in [4.69, 9.17) is 4.74 Å². The van der Waals surface area contributed by atoms with Crippen molar-refractivity contribution in [1.82, 2.24) is 0 Å². The number of ether oxygens (including phenoxy) is 2. The Kier molecular flexibility index (Phi) is 17.5. The Balaban J connectivity index is 0.000000202. The molecule has 4 atom stereocenters. The molecule has 73 heavy (non-hydrogen) atoms. The lowest BCUT2D eigenvalue weighted by Gasteiger charge is -2.33. The highest BCUT2D eigenvalue weighted by Crippen LogP contribution is 2.49. The first kappa shape index (κ1) is 56.7. The van der Waals surface area contributed by atoms with Crippen molar-refractivity contribution < 1.29 is 84.1 Å². The first-order valence-electron chi connectivity index (χ1n) is 21.6. The van der Waals surface area contributed by atoms with Gasteiger partial charge in [-0.1, -0.05) is 72.8 Å². The topological polar surface area (TPSA) is 150 Å². The summed E-state index contributed by atoms with van der Waals surface area (Å²) in [7, 11) is -14.3. The van der Waals surface area contributed by atoms with Crippen LogP contribution >= 0.6 is 0 Å². The maximum Gasteiger partial charge on any atom is 0.440 e. The lowest BCUT2D eigenvalue weighted by atomic mass is 9.98. The van der Waals surface area contributed by atoms with Gasteiger partial charge in [0.2, 0.25) is 0 Å². The van der Waals surface area contributed by atoms with Crippen molar-refractivity contribution in [3.8, 4) is 11.5 Å². The van der Waals surface area contributed by atoms with Crippen molar-refractivity contribution in [2.45, 2.75) is 96.4 Å². The van der Waals surface area contributed by atoms with Crippen LogP contribution in [-0.4, -0.2) is 66.3 Å². The van der Waals surface area contributed by atoms with Crippen LogP contribution in [0, 0.1) is 11.8 Å². The molecule has 6 aromatic rings. The normalized spacial score (nSPS) is 17.9. The van der Waals surface area contributed by atoms with Crippen molar-refractivity contribution in [1.29, 1.82) is 0 Å². The number of rotatable bonds is 14. The maximum absolute atomic E-state index is 14.4. The number of hydrogen-bond donors (Lipinski definition) is 0. The van der Waals surface area contributed by atoms with Crippen molar-refractivity contribution in [3.63, 3.8) is 0 Å². The van der Waals surface area contributed by atoms with Crippen LogP contribution < -0.4 is 9.47 Å². The summed E-state index contributed by atoms with van der Waals surface area (Å²) in [5.41, 5.74) is -6.43. The highest BCUT2D eigenvalue weighted by Gasteiger charge is 2.80. The number of hydrogen-bond acceptors (Lipinski definition) is 9. The van der Waals surface area contributed by atoms with E-state index < -0.39 is 71.1 Å². The summed E-state index contributed by atoms with van der Waals surface area (Å²) in [6, 6.07) is 53.0. The lowest BCUT2D eigenvalue weighted by molar-refractivity contribution is -0.275. The summed E-state index contributed by atoms with van der Waals surface area (Å²) in [5.74, 6) is -6.20. The molecule has 2 aliphatic carbocycles. The van der Waals surface area contributed by atoms with Crippen LogP contribution in [0.5, 0.6) is 11.5 Å². The Hall–Kier alpha value is -5.59. The minimum Gasteiger partial charge on any atom is -0.743 e. The summed E-state index contributed by atoms with van der Waals surface area (Å²) >= 11 is 0. The Bertz CT molecular complexity index is 2910. The van der Waals surface area contributed by atoms with E-state index in [0.29, 0.717) is 11.0 Å². The summed E-state index contributed by atoms with van der Waals surface area (Å²) in [5, 5.41) is -12.2. The molecule has 2 bridgehead atoms. The molecule has 390 valence electrons. The van der Waals surface area contributed by atoms with Crippen molar-refractivity contribution in [2.24, 2.45) is 11.8 Å². The van der Waals surface area contributed by atoms with E-state index >= 15 is 0 Å². The number of carbonyl (C=O) groups excluding carboxylic acids is 1. The Labute approximate surface area is 419 Å². The number of benzene rings is 6. The fraction of sp³-hybridized carbons (Fsp3) is 0.260. The number of alkyl halides is 10. The van der Waals surface area contributed by atoms with Crippen LogP contribution in [-0.2, 0) is 46.8 Å². The van der Waals surface area contributed by atoms with Gasteiger partial charge in [-0.15, -0.1) is 0 Å². The Morgan fingerprint density at radius 3 is 1.11 bits per heavy atom. The average Bonchev–Trinajstić information content (AvgIpc) is 3.97. The standard InChI is InChI=1S/C25H25OS.C22H14F6O5S2.C3H4F4O3S/c1-3-7-22(8-4-1)27(23-9-5-2-6-10-23)24-15-13-21(14-16-24)26-25-18-19-11-12-20(25)17-19;23-20(21(24,25)26,22(27,28)35(30,31)32)19(29)33-15-11-13-18(14-12-15)34(16-7-3-1-4-8-16)17-9-5-2-6-10-17;1-2(4,5)3(6,7)11(8,9)10/h1-10,13-16,19-20,25H,11-12,17-18H2;1-14H;1H3,(H,8,9,10)/q+1;;/p-1. The molecule has 0 saturated heterocycles. The lowest BCUT2D eigenvalue weighted by Crippen LogP contribution is -2.64. The number of halogens is 10. The molecule has 0 heterocycles. The van der Waals surface area contributed by atoms with Gasteiger partial charge in [0.25, 0.3) is 0 Å². The molecule has 2 aliphatic rings. The smallest absolute Gasteiger partial charge is 0.440 e. The zero-order valence-corrected chi connectivity index (χ0v) is 41.1. The zero-order chi connectivity index (χ0) is 53.6. The van der Waals surface area contributed by atoms with E-state index in [2.05, 4.69) is 89.7 Å². The maximum atomic E-state index is 14.4. The molecule has 0 radical (unpaired) electrons. The molecule has 0 aromatic heterocycles. The molecule has 2 fully saturated rings. The first-order chi connectivity index (χ1) is 34.1. The quantitative estimate of drug-likeness (QED) is 0.0341. The monoisotopic (exact) mass is 1100 g/mol. The molecule has 2 saturated carbocycles. The van der Waals surface area contributed by atoms with Crippen molar-refractivity contribution >= 4 is 48.0 Å². The summed E-state index contributed by atoms with van der Waals surface area (Å²) in [4.78, 5) is 18.2. The predicted octanol–water partition coefficient (Wildman–Crippen LogP) is 12.2. The second-order valence-corrected chi connectivity index (χ2v) is 23.4. The van der Waals surface area contributed by atoms with Gasteiger partial charge in [0.1, 0.15) is 17.6 Å². The molecule has 0 aliphatic heterocycles. The van der Waals surface area contributed by atoms with Gasteiger partial charge in [-0.3, -0.25) is 0 Å². The number of carbonyl (C=O) groups is 1. The summed E-state index contributed by atoms with van der Waals surface area (Å²) in [6.45, 7) is -0.345. The minimum atomic E-state index is -7.24. The van der Waals surface area contributed by atoms with Gasteiger partial charge in [0.05, 0.1) is 21.8 Å². The van der Waals surface area contributed by atoms with Gasteiger partial charge >= 0.3 is 34.2 Å². The van der Waals surface area contributed by atoms with E-state index in [-0.39, 0.29) is 17.8 Å². The van der Waals surface area contributed by atoms with Crippen LogP contribution in [0.2, 0.25) is 0 Å². The SMILES string of the molecule is CC(F)(F)C(F)(F)S(=O)(=O)[O-].O=C(Oc1ccc([S+](c2ccccc2)c2ccccc2)cc1)C(F)(C(F)(F)F)C(F)(F)S(=O)(=O)[O-].c1ccc([S+](c2ccccc2)c2ccc(OC3CC4CCC3C4)cc2)cc1. The van der Waals surface area contributed by atoms with Gasteiger partial charge in [0.15, 0.2) is 49.6 Å². The van der Waals surface area contributed by atoms with E-state index in [1.54, 1.807) is 36.4 Å². The fourth-order valence-electron chi connectivity index (χ4n) is 7.82. The van der Waals surface area contributed by atoms with Crippen LogP contribution in [0.15, 0.2) is 199 Å². The van der Waals surface area contributed by atoms with Crippen LogP contribution in [0.1, 0.15) is 32.6 Å². The fourth-order valence-corrected chi connectivity index (χ4v) is 13.0. The predicted molar refractivity (Wildman–Crippen MR) is 248 cm³/mol. The van der Waals surface area contributed by atoms with Crippen LogP contribution in [0.4, 0.5) is 43.9 Å². The molecular formula is C50H42F10O9S4. The summed E-state index contributed by atoms with van der Waals surface area (Å²) in [6.07, 6.45) is -0.924. The van der Waals surface area contributed by atoms with Crippen molar-refractivity contribution in [3.05, 3.63) is 170 Å². The third-order valence-electron chi connectivity index (χ3n) is 11.4. The molecule has 4 unspecified atom stereocenters. The molecular weight excluding hydrogens is 1060 g/mol. The second-order valence-electron chi connectivity index (χ2n) is 16.5. The number of esters is 1. The Morgan fingerprint density at radius 2 is 0.836 bits per heavy atom. The number of fused-ring (bicyclic) bond motifs is 2. The average molecular weight is 1110 g/mol. The molecule has 0 amide bonds. The van der Waals surface area contributed by atoms with Crippen LogP contribution in [0.3, 0.4) is 0 Å². The third-order valence-corrected chi connectivity index (χ3v) is 17.8. The molecule has 23 heteroatoms.